The number of hydrogen-bond acceptors (Lipinski definition) is 4. The molecule has 0 unspecified atom stereocenters. The maximum Gasteiger partial charge on any atom is 0.271 e. The number of carbonyl (C=O) groups excluding carboxylic acids is 2. The number of nitrogens with one attached hydrogen (secondary N) is 1. The molecule has 7 heteroatoms. The lowest BCUT2D eigenvalue weighted by atomic mass is 10.1. The van der Waals surface area contributed by atoms with Gasteiger partial charge in [-0.25, -0.2) is 4.98 Å². The van der Waals surface area contributed by atoms with E-state index in [0.29, 0.717) is 31.2 Å². The third-order valence-electron chi connectivity index (χ3n) is 5.18. The first-order valence-electron chi connectivity index (χ1n) is 8.72. The molecule has 1 aliphatic carbocycles. The molecule has 2 aromatic rings. The molecule has 0 spiro atoms. The second-order valence-corrected chi connectivity index (χ2v) is 8.00. The van der Waals surface area contributed by atoms with Crippen molar-refractivity contribution in [3.63, 3.8) is 0 Å². The van der Waals surface area contributed by atoms with Crippen LogP contribution in [0.4, 0.5) is 0 Å². The van der Waals surface area contributed by atoms with Gasteiger partial charge < -0.3 is 14.8 Å². The van der Waals surface area contributed by atoms with E-state index in [-0.39, 0.29) is 23.8 Å². The predicted octanol–water partition coefficient (Wildman–Crippen LogP) is 2.43. The number of amides is 2. The Labute approximate surface area is 150 Å². The van der Waals surface area contributed by atoms with Gasteiger partial charge in [0.2, 0.25) is 5.91 Å². The van der Waals surface area contributed by atoms with Gasteiger partial charge in [0.15, 0.2) is 0 Å². The van der Waals surface area contributed by atoms with Gasteiger partial charge in [-0.1, -0.05) is 13.0 Å². The van der Waals surface area contributed by atoms with Crippen LogP contribution >= 0.6 is 11.3 Å². The van der Waals surface area contributed by atoms with Crippen LogP contribution in [0.2, 0.25) is 0 Å². The van der Waals surface area contributed by atoms with Crippen LogP contribution in [-0.4, -0.2) is 32.8 Å². The average molecular weight is 358 g/mol. The van der Waals surface area contributed by atoms with E-state index >= 15 is 0 Å². The summed E-state index contributed by atoms with van der Waals surface area (Å²) in [6.45, 7) is 6.00. The number of fused-ring (bicyclic) bond motifs is 1. The Bertz CT molecular complexity index is 798. The highest BCUT2D eigenvalue weighted by Gasteiger charge is 2.44. The van der Waals surface area contributed by atoms with Crippen LogP contribution in [0.15, 0.2) is 23.7 Å². The van der Waals surface area contributed by atoms with Gasteiger partial charge in [-0.05, 0) is 30.7 Å². The van der Waals surface area contributed by atoms with Crippen molar-refractivity contribution < 1.29 is 9.59 Å². The SMILES string of the molecule is C[C@@H]1C[C@@H]1C(=O)N1CCn2cc(C(=O)NCc3cccs3)nc2[C@H]1C. The zero-order valence-corrected chi connectivity index (χ0v) is 15.3. The van der Waals surface area contributed by atoms with Crippen molar-refractivity contribution in [1.29, 1.82) is 0 Å². The highest BCUT2D eigenvalue weighted by Crippen LogP contribution is 2.41. The van der Waals surface area contributed by atoms with Crippen LogP contribution in [0.5, 0.6) is 0 Å². The van der Waals surface area contributed by atoms with Gasteiger partial charge in [0.1, 0.15) is 11.5 Å². The second-order valence-electron chi connectivity index (χ2n) is 6.97. The summed E-state index contributed by atoms with van der Waals surface area (Å²) >= 11 is 1.62. The summed E-state index contributed by atoms with van der Waals surface area (Å²) in [5.41, 5.74) is 0.424. The van der Waals surface area contributed by atoms with E-state index in [1.54, 1.807) is 17.5 Å². The van der Waals surface area contributed by atoms with E-state index < -0.39 is 0 Å². The minimum atomic E-state index is -0.170. The quantitative estimate of drug-likeness (QED) is 0.913. The molecule has 6 nitrogen and oxygen atoms in total. The van der Waals surface area contributed by atoms with E-state index in [2.05, 4.69) is 17.2 Å². The fourth-order valence-corrected chi connectivity index (χ4v) is 4.10. The van der Waals surface area contributed by atoms with Crippen molar-refractivity contribution in [2.75, 3.05) is 6.54 Å². The molecule has 4 rings (SSSR count). The molecule has 2 amide bonds. The van der Waals surface area contributed by atoms with E-state index in [4.69, 9.17) is 0 Å². The smallest absolute Gasteiger partial charge is 0.271 e. The van der Waals surface area contributed by atoms with Gasteiger partial charge in [0, 0.05) is 30.1 Å². The number of aromatic nitrogens is 2. The average Bonchev–Trinajstić information content (AvgIpc) is 3.03. The minimum absolute atomic E-state index is 0.0899. The van der Waals surface area contributed by atoms with Gasteiger partial charge >= 0.3 is 0 Å². The summed E-state index contributed by atoms with van der Waals surface area (Å²) in [7, 11) is 0. The summed E-state index contributed by atoms with van der Waals surface area (Å²) in [6.07, 6.45) is 2.80. The van der Waals surface area contributed by atoms with Crippen LogP contribution in [-0.2, 0) is 17.9 Å². The Morgan fingerprint density at radius 3 is 2.84 bits per heavy atom. The first kappa shape index (κ1) is 16.3. The summed E-state index contributed by atoms with van der Waals surface area (Å²) in [4.78, 5) is 32.5. The molecule has 0 bridgehead atoms. The van der Waals surface area contributed by atoms with E-state index in [9.17, 15) is 9.59 Å². The Balaban J connectivity index is 1.46. The molecule has 0 aromatic carbocycles. The van der Waals surface area contributed by atoms with Gasteiger partial charge in [-0.15, -0.1) is 11.3 Å². The van der Waals surface area contributed by atoms with Crippen LogP contribution in [0, 0.1) is 11.8 Å². The molecule has 2 aliphatic rings. The molecule has 3 atom stereocenters. The molecular formula is C18H22N4O2S. The van der Waals surface area contributed by atoms with Crippen LogP contribution < -0.4 is 5.32 Å². The maximum atomic E-state index is 12.6. The van der Waals surface area contributed by atoms with Crippen LogP contribution in [0.25, 0.3) is 0 Å². The van der Waals surface area contributed by atoms with E-state index in [1.165, 1.54) is 0 Å². The lowest BCUT2D eigenvalue weighted by Gasteiger charge is -2.34. The molecule has 1 saturated carbocycles. The highest BCUT2D eigenvalue weighted by atomic mass is 32.1. The van der Waals surface area contributed by atoms with Crippen molar-refractivity contribution >= 4 is 23.2 Å². The number of carbonyl (C=O) groups is 2. The van der Waals surface area contributed by atoms with Gasteiger partial charge in [-0.3, -0.25) is 9.59 Å². The van der Waals surface area contributed by atoms with Crippen molar-refractivity contribution in [3.8, 4) is 0 Å². The monoisotopic (exact) mass is 358 g/mol. The molecule has 3 heterocycles. The van der Waals surface area contributed by atoms with Crippen LogP contribution in [0.3, 0.4) is 0 Å². The molecule has 1 aliphatic heterocycles. The van der Waals surface area contributed by atoms with Gasteiger partial charge in [0.25, 0.3) is 5.91 Å². The zero-order chi connectivity index (χ0) is 17.6. The van der Waals surface area contributed by atoms with Crippen molar-refractivity contribution in [2.45, 2.75) is 39.4 Å². The molecular weight excluding hydrogens is 336 g/mol. The third-order valence-corrected chi connectivity index (χ3v) is 6.05. The molecule has 132 valence electrons. The lowest BCUT2D eigenvalue weighted by Crippen LogP contribution is -2.42. The Morgan fingerprint density at radius 2 is 2.16 bits per heavy atom. The topological polar surface area (TPSA) is 67.2 Å². The number of thiophene rings is 1. The van der Waals surface area contributed by atoms with Gasteiger partial charge in [0.05, 0.1) is 12.6 Å². The van der Waals surface area contributed by atoms with E-state index in [1.807, 2.05) is 33.9 Å². The summed E-state index contributed by atoms with van der Waals surface area (Å²) in [6, 6.07) is 3.87. The normalized spacial score (nSPS) is 24.7. The molecule has 2 aromatic heterocycles. The Morgan fingerprint density at radius 1 is 1.36 bits per heavy atom. The summed E-state index contributed by atoms with van der Waals surface area (Å²) in [5, 5.41) is 4.90. The maximum absolute atomic E-state index is 12.6. The van der Waals surface area contributed by atoms with E-state index in [0.717, 1.165) is 17.1 Å². The van der Waals surface area contributed by atoms with Crippen LogP contribution in [0.1, 0.15) is 47.5 Å². The minimum Gasteiger partial charge on any atom is -0.346 e. The summed E-state index contributed by atoms with van der Waals surface area (Å²) < 4.78 is 2.00. The number of imidazole rings is 1. The van der Waals surface area contributed by atoms with Crippen molar-refractivity contribution in [3.05, 3.63) is 40.1 Å². The third kappa shape index (κ3) is 3.08. The molecule has 25 heavy (non-hydrogen) atoms. The van der Waals surface area contributed by atoms with Crippen molar-refractivity contribution in [1.82, 2.24) is 19.8 Å². The summed E-state index contributed by atoms with van der Waals surface area (Å²) in [5.74, 6) is 1.54. The number of nitrogens with zero attached hydrogens (tertiary/aromatic N) is 3. The molecule has 1 fully saturated rings. The fourth-order valence-electron chi connectivity index (χ4n) is 3.45. The molecule has 0 radical (unpaired) electrons. The zero-order valence-electron chi connectivity index (χ0n) is 14.4. The predicted molar refractivity (Wildman–Crippen MR) is 95.1 cm³/mol. The molecule has 1 N–H and O–H groups in total. The van der Waals surface area contributed by atoms with Crippen molar-refractivity contribution in [2.24, 2.45) is 11.8 Å². The standard InChI is InChI=1S/C18H22N4O2S/c1-11-8-14(11)18(24)22-6-5-21-10-15(20-16(21)12(22)2)17(23)19-9-13-4-3-7-25-13/h3-4,7,10-12,14H,5-6,8-9H2,1-2H3,(H,19,23)/t11-,12-,14+/m1/s1. The number of rotatable bonds is 4. The molecule has 0 saturated heterocycles. The Kier molecular flexibility index (Phi) is 4.11. The number of hydrogen-bond donors (Lipinski definition) is 1. The Hall–Kier alpha value is -2.15. The van der Waals surface area contributed by atoms with Gasteiger partial charge in [-0.2, -0.15) is 0 Å². The highest BCUT2D eigenvalue weighted by molar-refractivity contribution is 7.09. The first-order valence-corrected chi connectivity index (χ1v) is 9.60. The largest absolute Gasteiger partial charge is 0.346 e. The lowest BCUT2D eigenvalue weighted by molar-refractivity contribution is -0.136. The fraction of sp³-hybridized carbons (Fsp3) is 0.500. The second kappa shape index (κ2) is 6.29. The first-order chi connectivity index (χ1) is 12.0.